The Balaban J connectivity index is 2.14. The molecule has 1 aromatic carbocycles. The Hall–Kier alpha value is -1.07. The number of benzene rings is 1. The maximum atomic E-state index is 13.5. The second kappa shape index (κ2) is 5.28. The molecule has 1 aliphatic heterocycles. The third kappa shape index (κ3) is 3.03. The van der Waals surface area contributed by atoms with Crippen LogP contribution in [0.5, 0.6) is 0 Å². The summed E-state index contributed by atoms with van der Waals surface area (Å²) in [6.45, 7) is 5.77. The number of hydrogen-bond acceptors (Lipinski definition) is 2. The summed E-state index contributed by atoms with van der Waals surface area (Å²) >= 11 is 0. The molecule has 0 bridgehead atoms. The van der Waals surface area contributed by atoms with E-state index >= 15 is 0 Å². The Kier molecular flexibility index (Phi) is 3.92. The van der Waals surface area contributed by atoms with Gasteiger partial charge in [-0.2, -0.15) is 0 Å². The van der Waals surface area contributed by atoms with Gasteiger partial charge in [0.15, 0.2) is 11.6 Å². The summed E-state index contributed by atoms with van der Waals surface area (Å²) in [6, 6.07) is 2.21. The molecule has 1 heterocycles. The Morgan fingerprint density at radius 2 is 1.78 bits per heavy atom. The average molecular weight is 258 g/mol. The quantitative estimate of drug-likeness (QED) is 0.819. The minimum atomic E-state index is -1.12. The Bertz CT molecular complexity index is 426. The van der Waals surface area contributed by atoms with Crippen LogP contribution in [0.2, 0.25) is 0 Å². The summed E-state index contributed by atoms with van der Waals surface area (Å²) in [5.74, 6) is -2.81. The highest BCUT2D eigenvalue weighted by Gasteiger charge is 2.22. The van der Waals surface area contributed by atoms with Gasteiger partial charge >= 0.3 is 0 Å². The Morgan fingerprint density at radius 3 is 2.39 bits per heavy atom. The van der Waals surface area contributed by atoms with Gasteiger partial charge in [-0.25, -0.2) is 13.2 Å². The molecule has 0 radical (unpaired) electrons. The number of nitrogens with one attached hydrogen (secondary N) is 1. The van der Waals surface area contributed by atoms with Crippen LogP contribution < -0.4 is 5.32 Å². The highest BCUT2D eigenvalue weighted by molar-refractivity contribution is 5.20. The van der Waals surface area contributed by atoms with Crippen LogP contribution in [-0.4, -0.2) is 30.1 Å². The SMILES string of the molecule is C[C@@H]1CN(Cc2cc(F)cc(F)c2F)C[C@@H](C)N1. The fourth-order valence-electron chi connectivity index (χ4n) is 2.53. The Labute approximate surface area is 105 Å². The lowest BCUT2D eigenvalue weighted by Crippen LogP contribution is -2.53. The standard InChI is InChI=1S/C13H17F3N2/c1-8-5-18(6-9(2)17-8)7-10-3-11(14)4-12(15)13(10)16/h3-4,8-9,17H,5-7H2,1-2H3/t8-,9-/m1/s1. The molecule has 100 valence electrons. The zero-order chi connectivity index (χ0) is 13.3. The number of halogens is 3. The van der Waals surface area contributed by atoms with Crippen LogP contribution in [0.3, 0.4) is 0 Å². The van der Waals surface area contributed by atoms with Crippen molar-refractivity contribution in [2.75, 3.05) is 13.1 Å². The zero-order valence-corrected chi connectivity index (χ0v) is 10.5. The van der Waals surface area contributed by atoms with E-state index in [1.165, 1.54) is 0 Å². The van der Waals surface area contributed by atoms with Crippen molar-refractivity contribution < 1.29 is 13.2 Å². The first-order valence-corrected chi connectivity index (χ1v) is 6.07. The summed E-state index contributed by atoms with van der Waals surface area (Å²) in [5, 5.41) is 3.35. The van der Waals surface area contributed by atoms with Gasteiger partial charge in [0.2, 0.25) is 0 Å². The van der Waals surface area contributed by atoms with Gasteiger partial charge in [0.25, 0.3) is 0 Å². The normalized spacial score (nSPS) is 25.4. The van der Waals surface area contributed by atoms with Crippen LogP contribution in [0.1, 0.15) is 19.4 Å². The smallest absolute Gasteiger partial charge is 0.163 e. The molecule has 1 fully saturated rings. The largest absolute Gasteiger partial charge is 0.309 e. The summed E-state index contributed by atoms with van der Waals surface area (Å²) in [4.78, 5) is 2.00. The first kappa shape index (κ1) is 13.4. The van der Waals surface area contributed by atoms with E-state index < -0.39 is 17.5 Å². The van der Waals surface area contributed by atoms with Crippen molar-refractivity contribution in [2.45, 2.75) is 32.5 Å². The molecule has 2 atom stereocenters. The van der Waals surface area contributed by atoms with Gasteiger partial charge in [0, 0.05) is 43.3 Å². The first-order valence-electron chi connectivity index (χ1n) is 6.07. The van der Waals surface area contributed by atoms with Gasteiger partial charge < -0.3 is 5.32 Å². The van der Waals surface area contributed by atoms with Crippen molar-refractivity contribution in [1.29, 1.82) is 0 Å². The molecule has 1 saturated heterocycles. The maximum Gasteiger partial charge on any atom is 0.163 e. The average Bonchev–Trinajstić information content (AvgIpc) is 2.23. The van der Waals surface area contributed by atoms with Crippen molar-refractivity contribution in [2.24, 2.45) is 0 Å². The number of rotatable bonds is 2. The van der Waals surface area contributed by atoms with Crippen LogP contribution in [0, 0.1) is 17.5 Å². The number of hydrogen-bond donors (Lipinski definition) is 1. The summed E-state index contributed by atoms with van der Waals surface area (Å²) in [5.41, 5.74) is 0.0776. The van der Waals surface area contributed by atoms with Crippen LogP contribution in [0.4, 0.5) is 13.2 Å². The fraction of sp³-hybridized carbons (Fsp3) is 0.538. The van der Waals surface area contributed by atoms with E-state index in [2.05, 4.69) is 5.32 Å². The molecule has 0 spiro atoms. The number of piperazine rings is 1. The van der Waals surface area contributed by atoms with Crippen molar-refractivity contribution in [3.63, 3.8) is 0 Å². The molecule has 2 nitrogen and oxygen atoms in total. The molecule has 0 amide bonds. The predicted octanol–water partition coefficient (Wildman–Crippen LogP) is 2.29. The molecule has 0 aromatic heterocycles. The topological polar surface area (TPSA) is 15.3 Å². The van der Waals surface area contributed by atoms with Gasteiger partial charge in [-0.15, -0.1) is 0 Å². The van der Waals surface area contributed by atoms with Crippen molar-refractivity contribution in [3.8, 4) is 0 Å². The van der Waals surface area contributed by atoms with E-state index in [0.717, 1.165) is 19.2 Å². The highest BCUT2D eigenvalue weighted by Crippen LogP contribution is 2.17. The van der Waals surface area contributed by atoms with E-state index in [4.69, 9.17) is 0 Å². The molecule has 0 unspecified atom stereocenters. The van der Waals surface area contributed by atoms with Crippen LogP contribution in [0.15, 0.2) is 12.1 Å². The third-order valence-corrected chi connectivity index (χ3v) is 3.10. The van der Waals surface area contributed by atoms with E-state index in [9.17, 15) is 13.2 Å². The molecule has 2 rings (SSSR count). The van der Waals surface area contributed by atoms with E-state index in [-0.39, 0.29) is 24.2 Å². The lowest BCUT2D eigenvalue weighted by molar-refractivity contribution is 0.164. The van der Waals surface area contributed by atoms with Crippen LogP contribution in [-0.2, 0) is 6.54 Å². The molecule has 1 aliphatic rings. The molecule has 18 heavy (non-hydrogen) atoms. The zero-order valence-electron chi connectivity index (χ0n) is 10.5. The molecular weight excluding hydrogens is 241 g/mol. The first-order chi connectivity index (χ1) is 8.45. The second-order valence-electron chi connectivity index (χ2n) is 5.02. The molecular formula is C13H17F3N2. The monoisotopic (exact) mass is 258 g/mol. The number of nitrogens with zero attached hydrogens (tertiary/aromatic N) is 1. The molecule has 0 aliphatic carbocycles. The van der Waals surface area contributed by atoms with Gasteiger partial charge in [-0.3, -0.25) is 4.90 Å². The Morgan fingerprint density at radius 1 is 1.17 bits per heavy atom. The summed E-state index contributed by atoms with van der Waals surface area (Å²) < 4.78 is 39.7. The van der Waals surface area contributed by atoms with E-state index in [1.807, 2.05) is 18.7 Å². The second-order valence-corrected chi connectivity index (χ2v) is 5.02. The minimum Gasteiger partial charge on any atom is -0.309 e. The van der Waals surface area contributed by atoms with Gasteiger partial charge in [-0.05, 0) is 19.9 Å². The summed E-state index contributed by atoms with van der Waals surface area (Å²) in [6.07, 6.45) is 0. The molecule has 1 N–H and O–H groups in total. The summed E-state index contributed by atoms with van der Waals surface area (Å²) in [7, 11) is 0. The predicted molar refractivity (Wildman–Crippen MR) is 63.7 cm³/mol. The highest BCUT2D eigenvalue weighted by atomic mass is 19.2. The van der Waals surface area contributed by atoms with Gasteiger partial charge in [0.05, 0.1) is 0 Å². The van der Waals surface area contributed by atoms with Crippen molar-refractivity contribution in [3.05, 3.63) is 35.1 Å². The van der Waals surface area contributed by atoms with E-state index in [0.29, 0.717) is 6.07 Å². The molecule has 0 saturated carbocycles. The minimum absolute atomic E-state index is 0.0776. The van der Waals surface area contributed by atoms with Crippen molar-refractivity contribution >= 4 is 0 Å². The van der Waals surface area contributed by atoms with Gasteiger partial charge in [0.1, 0.15) is 5.82 Å². The van der Waals surface area contributed by atoms with E-state index in [1.54, 1.807) is 0 Å². The van der Waals surface area contributed by atoms with Crippen LogP contribution >= 0.6 is 0 Å². The van der Waals surface area contributed by atoms with Crippen molar-refractivity contribution in [1.82, 2.24) is 10.2 Å². The maximum absolute atomic E-state index is 13.5. The van der Waals surface area contributed by atoms with Crippen LogP contribution in [0.25, 0.3) is 0 Å². The molecule has 1 aromatic rings. The lowest BCUT2D eigenvalue weighted by atomic mass is 10.1. The third-order valence-electron chi connectivity index (χ3n) is 3.10. The fourth-order valence-corrected chi connectivity index (χ4v) is 2.53. The molecule has 5 heteroatoms. The van der Waals surface area contributed by atoms with Gasteiger partial charge in [-0.1, -0.05) is 0 Å². The lowest BCUT2D eigenvalue weighted by Gasteiger charge is -2.36.